The van der Waals surface area contributed by atoms with Gasteiger partial charge in [-0.3, -0.25) is 4.79 Å². The van der Waals surface area contributed by atoms with E-state index in [1.54, 1.807) is 25.1 Å². The number of aliphatic hydroxyl groups excluding tert-OH is 1. The van der Waals surface area contributed by atoms with Crippen molar-refractivity contribution in [2.24, 2.45) is 0 Å². The number of nitrogens with two attached hydrogens (primary N) is 1. The normalized spacial score (nSPS) is 11.9. The molecule has 0 aliphatic carbocycles. The van der Waals surface area contributed by atoms with Crippen molar-refractivity contribution in [2.45, 2.75) is 25.9 Å². The Morgan fingerprint density at radius 2 is 2.28 bits per heavy atom. The van der Waals surface area contributed by atoms with Gasteiger partial charge in [0.2, 0.25) is 0 Å². The van der Waals surface area contributed by atoms with Crippen LogP contribution in [0.4, 0.5) is 5.69 Å². The fraction of sp³-hybridized carbons (Fsp3) is 0.462. The molecule has 5 nitrogen and oxygen atoms in total. The third-order valence-corrected chi connectivity index (χ3v) is 2.55. The van der Waals surface area contributed by atoms with Gasteiger partial charge in [-0.15, -0.1) is 0 Å². The van der Waals surface area contributed by atoms with E-state index in [1.165, 1.54) is 7.11 Å². The Labute approximate surface area is 107 Å². The van der Waals surface area contributed by atoms with E-state index in [4.69, 9.17) is 15.6 Å². The van der Waals surface area contributed by atoms with Crippen LogP contribution in [0.15, 0.2) is 18.2 Å². The maximum atomic E-state index is 11.9. The number of hydrogen-bond donors (Lipinski definition) is 3. The van der Waals surface area contributed by atoms with Gasteiger partial charge in [-0.2, -0.15) is 0 Å². The summed E-state index contributed by atoms with van der Waals surface area (Å²) >= 11 is 0. The fourth-order valence-corrected chi connectivity index (χ4v) is 1.59. The van der Waals surface area contributed by atoms with Crippen LogP contribution in [0.2, 0.25) is 0 Å². The fourth-order valence-electron chi connectivity index (χ4n) is 1.59. The molecule has 0 fully saturated rings. The van der Waals surface area contributed by atoms with Crippen molar-refractivity contribution >= 4 is 11.6 Å². The number of ether oxygens (including phenoxy) is 1. The summed E-state index contributed by atoms with van der Waals surface area (Å²) in [4.78, 5) is 11.9. The van der Waals surface area contributed by atoms with Crippen LogP contribution in [-0.4, -0.2) is 30.8 Å². The zero-order valence-electron chi connectivity index (χ0n) is 10.8. The van der Waals surface area contributed by atoms with Crippen LogP contribution in [-0.2, 0) is 0 Å². The highest BCUT2D eigenvalue weighted by Gasteiger charge is 2.11. The molecule has 0 aromatic heterocycles. The van der Waals surface area contributed by atoms with Gasteiger partial charge in [0.05, 0.1) is 18.8 Å². The van der Waals surface area contributed by atoms with Crippen LogP contribution in [0.5, 0.6) is 5.75 Å². The van der Waals surface area contributed by atoms with Crippen LogP contribution in [0.25, 0.3) is 0 Å². The molecule has 5 heteroatoms. The monoisotopic (exact) mass is 252 g/mol. The van der Waals surface area contributed by atoms with Crippen molar-refractivity contribution in [1.82, 2.24) is 5.32 Å². The number of carbonyl (C=O) groups is 1. The van der Waals surface area contributed by atoms with Crippen LogP contribution >= 0.6 is 0 Å². The molecule has 1 unspecified atom stereocenters. The van der Waals surface area contributed by atoms with Crippen molar-refractivity contribution in [3.63, 3.8) is 0 Å². The van der Waals surface area contributed by atoms with Crippen LogP contribution in [0.1, 0.15) is 30.1 Å². The highest BCUT2D eigenvalue weighted by Crippen LogP contribution is 2.21. The summed E-state index contributed by atoms with van der Waals surface area (Å²) in [5.74, 6) is 0.264. The first-order valence-corrected chi connectivity index (χ1v) is 5.94. The van der Waals surface area contributed by atoms with E-state index >= 15 is 0 Å². The first kappa shape index (κ1) is 14.3. The third kappa shape index (κ3) is 4.25. The van der Waals surface area contributed by atoms with Crippen molar-refractivity contribution < 1.29 is 14.6 Å². The molecule has 1 amide bonds. The molecule has 0 aliphatic rings. The third-order valence-electron chi connectivity index (χ3n) is 2.55. The van der Waals surface area contributed by atoms with Crippen LogP contribution < -0.4 is 15.8 Å². The highest BCUT2D eigenvalue weighted by molar-refractivity contribution is 5.97. The largest absolute Gasteiger partial charge is 0.496 e. The first-order chi connectivity index (χ1) is 8.54. The van der Waals surface area contributed by atoms with Gasteiger partial charge >= 0.3 is 0 Å². The standard InChI is InChI=1S/C13H20N2O3/c1-9(16)4-3-7-15-13(17)11-6-5-10(14)8-12(11)18-2/h5-6,8-9,16H,3-4,7,14H2,1-2H3,(H,15,17). The Bertz CT molecular complexity index is 405. The second kappa shape index (κ2) is 6.86. The Hall–Kier alpha value is -1.75. The predicted molar refractivity (Wildman–Crippen MR) is 70.7 cm³/mol. The van der Waals surface area contributed by atoms with E-state index in [0.29, 0.717) is 30.0 Å². The highest BCUT2D eigenvalue weighted by atomic mass is 16.5. The van der Waals surface area contributed by atoms with Crippen LogP contribution in [0.3, 0.4) is 0 Å². The number of methoxy groups -OCH3 is 1. The van der Waals surface area contributed by atoms with E-state index < -0.39 is 0 Å². The van der Waals surface area contributed by atoms with E-state index in [0.717, 1.165) is 6.42 Å². The molecule has 1 atom stereocenters. The second-order valence-electron chi connectivity index (χ2n) is 4.21. The van der Waals surface area contributed by atoms with E-state index in [-0.39, 0.29) is 12.0 Å². The molecule has 1 rings (SSSR count). The van der Waals surface area contributed by atoms with Gasteiger partial charge in [0, 0.05) is 18.3 Å². The second-order valence-corrected chi connectivity index (χ2v) is 4.21. The van der Waals surface area contributed by atoms with E-state index in [9.17, 15) is 4.79 Å². The van der Waals surface area contributed by atoms with Gasteiger partial charge in [0.1, 0.15) is 5.75 Å². The number of carbonyl (C=O) groups excluding carboxylic acids is 1. The Kier molecular flexibility index (Phi) is 5.45. The summed E-state index contributed by atoms with van der Waals surface area (Å²) in [6.07, 6.45) is 1.06. The lowest BCUT2D eigenvalue weighted by Crippen LogP contribution is -2.25. The SMILES string of the molecule is COc1cc(N)ccc1C(=O)NCCCC(C)O. The zero-order valence-corrected chi connectivity index (χ0v) is 10.8. The maximum absolute atomic E-state index is 11.9. The molecule has 1 aromatic carbocycles. The van der Waals surface area contributed by atoms with E-state index in [1.807, 2.05) is 0 Å². The minimum absolute atomic E-state index is 0.197. The number of hydrogen-bond acceptors (Lipinski definition) is 4. The Morgan fingerprint density at radius 1 is 1.56 bits per heavy atom. The molecule has 1 aromatic rings. The van der Waals surface area contributed by atoms with Gasteiger partial charge in [-0.1, -0.05) is 0 Å². The molecular weight excluding hydrogens is 232 g/mol. The van der Waals surface area contributed by atoms with Crippen molar-refractivity contribution in [2.75, 3.05) is 19.4 Å². The summed E-state index contributed by atoms with van der Waals surface area (Å²) in [6, 6.07) is 4.91. The molecule has 0 heterocycles. The minimum atomic E-state index is -0.340. The lowest BCUT2D eigenvalue weighted by Gasteiger charge is -2.10. The summed E-state index contributed by atoms with van der Waals surface area (Å²) in [5, 5.41) is 11.9. The average molecular weight is 252 g/mol. The number of aliphatic hydroxyl groups is 1. The Morgan fingerprint density at radius 3 is 2.89 bits per heavy atom. The van der Waals surface area contributed by atoms with Crippen LogP contribution in [0, 0.1) is 0 Å². The molecule has 0 bridgehead atoms. The molecular formula is C13H20N2O3. The van der Waals surface area contributed by atoms with Crippen molar-refractivity contribution in [1.29, 1.82) is 0 Å². The molecule has 100 valence electrons. The molecule has 18 heavy (non-hydrogen) atoms. The van der Waals surface area contributed by atoms with Crippen molar-refractivity contribution in [3.05, 3.63) is 23.8 Å². The number of nitrogen functional groups attached to an aromatic ring is 1. The molecule has 0 saturated heterocycles. The summed E-state index contributed by atoms with van der Waals surface area (Å²) in [5.41, 5.74) is 6.63. The predicted octanol–water partition coefficient (Wildman–Crippen LogP) is 1.17. The number of benzene rings is 1. The minimum Gasteiger partial charge on any atom is -0.496 e. The molecule has 0 aliphatic heterocycles. The van der Waals surface area contributed by atoms with Gasteiger partial charge in [0.25, 0.3) is 5.91 Å². The number of nitrogens with one attached hydrogen (secondary N) is 1. The topological polar surface area (TPSA) is 84.6 Å². The average Bonchev–Trinajstić information content (AvgIpc) is 2.33. The summed E-state index contributed by atoms with van der Waals surface area (Å²) in [7, 11) is 1.50. The van der Waals surface area contributed by atoms with Crippen molar-refractivity contribution in [3.8, 4) is 5.75 Å². The molecule has 0 spiro atoms. The Balaban J connectivity index is 2.56. The quantitative estimate of drug-likeness (QED) is 0.524. The van der Waals surface area contributed by atoms with Gasteiger partial charge in [-0.25, -0.2) is 0 Å². The number of anilines is 1. The summed E-state index contributed by atoms with van der Waals surface area (Å²) in [6.45, 7) is 2.25. The molecule has 4 N–H and O–H groups in total. The lowest BCUT2D eigenvalue weighted by atomic mass is 10.1. The maximum Gasteiger partial charge on any atom is 0.255 e. The number of rotatable bonds is 6. The number of amides is 1. The van der Waals surface area contributed by atoms with E-state index in [2.05, 4.69) is 5.32 Å². The zero-order chi connectivity index (χ0) is 13.5. The smallest absolute Gasteiger partial charge is 0.255 e. The van der Waals surface area contributed by atoms with Gasteiger partial charge in [-0.05, 0) is 31.9 Å². The molecule has 0 radical (unpaired) electrons. The van der Waals surface area contributed by atoms with Gasteiger partial charge in [0.15, 0.2) is 0 Å². The van der Waals surface area contributed by atoms with Gasteiger partial charge < -0.3 is 20.9 Å². The summed E-state index contributed by atoms with van der Waals surface area (Å²) < 4.78 is 5.11. The lowest BCUT2D eigenvalue weighted by molar-refractivity contribution is 0.0946. The molecule has 0 saturated carbocycles. The first-order valence-electron chi connectivity index (χ1n) is 5.94.